The maximum Gasteiger partial charge on any atom is 0.127 e. The monoisotopic (exact) mass is 317 g/mol. The molecule has 2 nitrogen and oxygen atoms in total. The van der Waals surface area contributed by atoms with Gasteiger partial charge in [0.15, 0.2) is 0 Å². The van der Waals surface area contributed by atoms with Gasteiger partial charge >= 0.3 is 0 Å². The molecule has 0 aliphatic rings. The highest BCUT2D eigenvalue weighted by Crippen LogP contribution is 2.21. The number of ether oxygens (including phenoxy) is 1. The van der Waals surface area contributed by atoms with Gasteiger partial charge in [-0.05, 0) is 48.9 Å². The van der Waals surface area contributed by atoms with Crippen molar-refractivity contribution in [1.82, 2.24) is 4.90 Å². The minimum absolute atomic E-state index is 0.866. The second-order valence-electron chi connectivity index (χ2n) is 6.03. The molecule has 3 aromatic carbocycles. The summed E-state index contributed by atoms with van der Waals surface area (Å²) in [5.74, 6) is 1.74. The molecule has 0 bridgehead atoms. The molecule has 0 radical (unpaired) electrons. The average molecular weight is 317 g/mol. The summed E-state index contributed by atoms with van der Waals surface area (Å²) in [4.78, 5) is 2.35. The number of rotatable bonds is 7. The van der Waals surface area contributed by atoms with Crippen molar-refractivity contribution in [3.05, 3.63) is 96.1 Å². The number of hydrogen-bond acceptors (Lipinski definition) is 2. The van der Waals surface area contributed by atoms with Gasteiger partial charge < -0.3 is 9.64 Å². The lowest BCUT2D eigenvalue weighted by atomic mass is 10.1. The van der Waals surface area contributed by atoms with Crippen molar-refractivity contribution in [3.8, 4) is 11.5 Å². The third kappa shape index (κ3) is 4.97. The van der Waals surface area contributed by atoms with Crippen molar-refractivity contribution >= 4 is 0 Å². The Hall–Kier alpha value is -2.58. The van der Waals surface area contributed by atoms with E-state index in [-0.39, 0.29) is 0 Å². The van der Waals surface area contributed by atoms with Gasteiger partial charge in [0.25, 0.3) is 0 Å². The number of hydrogen-bond donors (Lipinski definition) is 0. The zero-order valence-corrected chi connectivity index (χ0v) is 14.1. The van der Waals surface area contributed by atoms with Crippen LogP contribution in [0.3, 0.4) is 0 Å². The second-order valence-corrected chi connectivity index (χ2v) is 6.03. The van der Waals surface area contributed by atoms with Gasteiger partial charge in [0.1, 0.15) is 11.5 Å². The summed E-state index contributed by atoms with van der Waals surface area (Å²) in [7, 11) is 2.16. The zero-order chi connectivity index (χ0) is 16.6. The first-order chi connectivity index (χ1) is 11.8. The van der Waals surface area contributed by atoms with E-state index >= 15 is 0 Å². The van der Waals surface area contributed by atoms with Crippen LogP contribution >= 0.6 is 0 Å². The first kappa shape index (κ1) is 16.3. The predicted octanol–water partition coefficient (Wildman–Crippen LogP) is 5.15. The molecular weight excluding hydrogens is 294 g/mol. The molecule has 3 aromatic rings. The van der Waals surface area contributed by atoms with Gasteiger partial charge in [-0.3, -0.25) is 0 Å². The molecule has 0 aromatic heterocycles. The number of para-hydroxylation sites is 1. The van der Waals surface area contributed by atoms with Crippen LogP contribution in [-0.2, 0) is 13.0 Å². The van der Waals surface area contributed by atoms with Crippen LogP contribution in [0.1, 0.15) is 11.1 Å². The van der Waals surface area contributed by atoms with Crippen LogP contribution in [0.4, 0.5) is 0 Å². The average Bonchev–Trinajstić information content (AvgIpc) is 2.63. The topological polar surface area (TPSA) is 12.5 Å². The Kier molecular flexibility index (Phi) is 5.65. The molecule has 0 fully saturated rings. The largest absolute Gasteiger partial charge is 0.457 e. The summed E-state index contributed by atoms with van der Waals surface area (Å²) in [6.45, 7) is 1.99. The highest BCUT2D eigenvalue weighted by molar-refractivity contribution is 5.32. The summed E-state index contributed by atoms with van der Waals surface area (Å²) in [5, 5.41) is 0. The molecule has 24 heavy (non-hydrogen) atoms. The molecule has 0 heterocycles. The van der Waals surface area contributed by atoms with E-state index in [0.29, 0.717) is 0 Å². The Bertz CT molecular complexity index is 723. The van der Waals surface area contributed by atoms with Gasteiger partial charge in [-0.15, -0.1) is 0 Å². The first-order valence-corrected chi connectivity index (χ1v) is 8.34. The van der Waals surface area contributed by atoms with E-state index in [1.54, 1.807) is 0 Å². The molecule has 0 amide bonds. The van der Waals surface area contributed by atoms with Crippen molar-refractivity contribution in [2.45, 2.75) is 13.0 Å². The highest BCUT2D eigenvalue weighted by Gasteiger charge is 2.02. The lowest BCUT2D eigenvalue weighted by Crippen LogP contribution is -2.20. The molecule has 3 rings (SSSR count). The Morgan fingerprint density at radius 2 is 1.25 bits per heavy atom. The summed E-state index contributed by atoms with van der Waals surface area (Å²) in [6, 6.07) is 28.8. The Morgan fingerprint density at radius 1 is 0.667 bits per heavy atom. The van der Waals surface area contributed by atoms with E-state index in [2.05, 4.69) is 54.4 Å². The molecule has 2 heteroatoms. The number of nitrogens with zero attached hydrogens (tertiary/aromatic N) is 1. The van der Waals surface area contributed by atoms with Crippen LogP contribution < -0.4 is 4.74 Å². The lowest BCUT2D eigenvalue weighted by molar-refractivity contribution is 0.331. The fraction of sp³-hybridized carbons (Fsp3) is 0.182. The quantitative estimate of drug-likeness (QED) is 0.597. The van der Waals surface area contributed by atoms with E-state index < -0.39 is 0 Å². The molecule has 0 aliphatic heterocycles. The third-order valence-electron chi connectivity index (χ3n) is 3.98. The van der Waals surface area contributed by atoms with E-state index in [4.69, 9.17) is 4.74 Å². The first-order valence-electron chi connectivity index (χ1n) is 8.34. The van der Waals surface area contributed by atoms with Crippen LogP contribution in [0.5, 0.6) is 11.5 Å². The summed E-state index contributed by atoms with van der Waals surface area (Å²) in [5.41, 5.74) is 2.68. The van der Waals surface area contributed by atoms with Crippen molar-refractivity contribution in [1.29, 1.82) is 0 Å². The van der Waals surface area contributed by atoms with Crippen molar-refractivity contribution < 1.29 is 4.74 Å². The molecule has 0 atom stereocenters. The molecule has 0 saturated carbocycles. The van der Waals surface area contributed by atoms with Gasteiger partial charge in [0, 0.05) is 13.1 Å². The van der Waals surface area contributed by atoms with Crippen molar-refractivity contribution in [2.24, 2.45) is 0 Å². The van der Waals surface area contributed by atoms with Gasteiger partial charge in [-0.2, -0.15) is 0 Å². The fourth-order valence-corrected chi connectivity index (χ4v) is 2.64. The molecule has 0 saturated heterocycles. The fourth-order valence-electron chi connectivity index (χ4n) is 2.64. The molecular formula is C22H23NO. The van der Waals surface area contributed by atoms with E-state index in [1.165, 1.54) is 11.1 Å². The third-order valence-corrected chi connectivity index (χ3v) is 3.98. The number of benzene rings is 3. The maximum absolute atomic E-state index is 5.83. The van der Waals surface area contributed by atoms with Gasteiger partial charge in [0.2, 0.25) is 0 Å². The van der Waals surface area contributed by atoms with Gasteiger partial charge in [-0.25, -0.2) is 0 Å². The Labute approximate surface area is 144 Å². The van der Waals surface area contributed by atoms with Gasteiger partial charge in [-0.1, -0.05) is 60.7 Å². The highest BCUT2D eigenvalue weighted by atomic mass is 16.5. The summed E-state index contributed by atoms with van der Waals surface area (Å²) >= 11 is 0. The zero-order valence-electron chi connectivity index (χ0n) is 14.1. The molecule has 0 spiro atoms. The van der Waals surface area contributed by atoms with Crippen LogP contribution in [0.15, 0.2) is 84.9 Å². The molecule has 0 aliphatic carbocycles. The van der Waals surface area contributed by atoms with Crippen molar-refractivity contribution in [3.63, 3.8) is 0 Å². The minimum atomic E-state index is 0.866. The molecule has 0 unspecified atom stereocenters. The van der Waals surface area contributed by atoms with Crippen LogP contribution in [0, 0.1) is 0 Å². The van der Waals surface area contributed by atoms with Crippen LogP contribution in [-0.4, -0.2) is 18.5 Å². The molecule has 122 valence electrons. The van der Waals surface area contributed by atoms with Crippen LogP contribution in [0.2, 0.25) is 0 Å². The summed E-state index contributed by atoms with van der Waals surface area (Å²) < 4.78 is 5.83. The van der Waals surface area contributed by atoms with E-state index in [9.17, 15) is 0 Å². The smallest absolute Gasteiger partial charge is 0.127 e. The van der Waals surface area contributed by atoms with E-state index in [1.807, 2.05) is 42.5 Å². The lowest BCUT2D eigenvalue weighted by Gasteiger charge is -2.17. The maximum atomic E-state index is 5.83. The van der Waals surface area contributed by atoms with E-state index in [0.717, 1.165) is 31.0 Å². The van der Waals surface area contributed by atoms with Gasteiger partial charge in [0.05, 0.1) is 0 Å². The number of likely N-dealkylation sites (N-methyl/N-ethyl adjacent to an activating group) is 1. The molecule has 0 N–H and O–H groups in total. The minimum Gasteiger partial charge on any atom is -0.457 e. The second kappa shape index (κ2) is 8.32. The predicted molar refractivity (Wildman–Crippen MR) is 99.4 cm³/mol. The standard InChI is InChI=1S/C22H23NO/c1-23(17-16-19-8-4-2-5-9-19)18-20-12-14-22(15-13-20)24-21-10-6-3-7-11-21/h2-15H,16-18H2,1H3. The SMILES string of the molecule is CN(CCc1ccccc1)Cc1ccc(Oc2ccccc2)cc1. The Balaban J connectivity index is 1.50. The normalized spacial score (nSPS) is 10.8. The van der Waals surface area contributed by atoms with Crippen molar-refractivity contribution in [2.75, 3.05) is 13.6 Å². The van der Waals surface area contributed by atoms with Crippen LogP contribution in [0.25, 0.3) is 0 Å². The summed E-state index contributed by atoms with van der Waals surface area (Å²) in [6.07, 6.45) is 1.08. The Morgan fingerprint density at radius 3 is 1.92 bits per heavy atom.